The van der Waals surface area contributed by atoms with Crippen LogP contribution < -0.4 is 20.9 Å². The van der Waals surface area contributed by atoms with Crippen molar-refractivity contribution in [2.75, 3.05) is 37.6 Å². The number of aliphatic imine (C=N–C) groups is 1. The molecule has 0 saturated carbocycles. The second-order valence-electron chi connectivity index (χ2n) is 8.18. The quantitative estimate of drug-likeness (QED) is 0.212. The minimum Gasteiger partial charge on any atom is -0.444 e. The van der Waals surface area contributed by atoms with E-state index in [0.29, 0.717) is 32.0 Å². The van der Waals surface area contributed by atoms with Crippen molar-refractivity contribution in [3.63, 3.8) is 0 Å². The summed E-state index contributed by atoms with van der Waals surface area (Å²) in [6, 6.07) is 8.05. The molecule has 0 spiro atoms. The van der Waals surface area contributed by atoms with E-state index >= 15 is 0 Å². The van der Waals surface area contributed by atoms with E-state index in [4.69, 9.17) is 4.74 Å². The van der Waals surface area contributed by atoms with Gasteiger partial charge in [0, 0.05) is 31.9 Å². The van der Waals surface area contributed by atoms with Crippen LogP contribution >= 0.6 is 24.0 Å². The van der Waals surface area contributed by atoms with Crippen molar-refractivity contribution in [1.29, 1.82) is 0 Å². The first-order valence-corrected chi connectivity index (χ1v) is 10.7. The molecule has 0 fully saturated rings. The molecule has 1 heterocycles. The van der Waals surface area contributed by atoms with Gasteiger partial charge in [-0.15, -0.1) is 24.0 Å². The summed E-state index contributed by atoms with van der Waals surface area (Å²) in [5, 5.41) is 9.07. The van der Waals surface area contributed by atoms with Crippen LogP contribution in [0.1, 0.15) is 46.1 Å². The van der Waals surface area contributed by atoms with Crippen LogP contribution in [0.4, 0.5) is 10.5 Å². The van der Waals surface area contributed by atoms with Crippen LogP contribution in [-0.2, 0) is 16.0 Å². The molecule has 9 heteroatoms. The van der Waals surface area contributed by atoms with Crippen molar-refractivity contribution in [2.45, 2.75) is 52.6 Å². The van der Waals surface area contributed by atoms with Gasteiger partial charge in [-0.1, -0.05) is 18.2 Å². The molecule has 0 unspecified atom stereocenters. The van der Waals surface area contributed by atoms with Gasteiger partial charge in [0.05, 0.1) is 0 Å². The molecule has 3 N–H and O–H groups in total. The van der Waals surface area contributed by atoms with E-state index in [-0.39, 0.29) is 36.4 Å². The third-order valence-electron chi connectivity index (χ3n) is 4.44. The summed E-state index contributed by atoms with van der Waals surface area (Å²) >= 11 is 0. The Morgan fingerprint density at radius 3 is 2.55 bits per heavy atom. The second-order valence-corrected chi connectivity index (χ2v) is 8.18. The highest BCUT2D eigenvalue weighted by atomic mass is 127. The molecule has 0 saturated heterocycles. The van der Waals surface area contributed by atoms with Crippen molar-refractivity contribution in [3.8, 4) is 0 Å². The normalized spacial score (nSPS) is 13.5. The second kappa shape index (κ2) is 13.4. The third-order valence-corrected chi connectivity index (χ3v) is 4.44. The van der Waals surface area contributed by atoms with Gasteiger partial charge in [-0.3, -0.25) is 4.79 Å². The molecule has 1 aliphatic heterocycles. The van der Waals surface area contributed by atoms with Crippen molar-refractivity contribution in [2.24, 2.45) is 4.99 Å². The Labute approximate surface area is 202 Å². The number of alkyl carbamates (subject to hydrolysis) is 1. The number of guanidine groups is 1. The fraction of sp³-hybridized carbons (Fsp3) is 0.591. The third kappa shape index (κ3) is 9.75. The molecule has 0 atom stereocenters. The van der Waals surface area contributed by atoms with E-state index < -0.39 is 11.7 Å². The van der Waals surface area contributed by atoms with Crippen LogP contribution in [0.25, 0.3) is 0 Å². The lowest BCUT2D eigenvalue weighted by Crippen LogP contribution is -2.41. The Morgan fingerprint density at radius 2 is 1.84 bits per heavy atom. The van der Waals surface area contributed by atoms with E-state index in [0.717, 1.165) is 25.1 Å². The Hall–Kier alpha value is -2.04. The molecule has 0 bridgehead atoms. The number of benzene rings is 1. The number of amides is 2. The van der Waals surface area contributed by atoms with Gasteiger partial charge in [-0.2, -0.15) is 0 Å². The van der Waals surface area contributed by atoms with Gasteiger partial charge < -0.3 is 25.6 Å². The Bertz CT molecular complexity index is 749. The highest BCUT2D eigenvalue weighted by molar-refractivity contribution is 14.0. The average molecular weight is 545 g/mol. The van der Waals surface area contributed by atoms with Crippen LogP contribution in [0.2, 0.25) is 0 Å². The molecule has 2 amide bonds. The number of carbonyl (C=O) groups excluding carboxylic acids is 2. The molecular formula is C22H36IN5O3. The number of nitrogens with zero attached hydrogens (tertiary/aromatic N) is 2. The minimum atomic E-state index is -0.505. The Morgan fingerprint density at radius 1 is 1.13 bits per heavy atom. The standard InChI is InChI=1S/C22H35N5O3.HI/c1-5-23-20(24-13-9-14-25-21(29)30-22(2,3)4)26-16-19(28)27-15-8-11-17-10-6-7-12-18(17)27;/h6-7,10,12H,5,8-9,11,13-16H2,1-4H3,(H,25,29)(H2,23,24,26);1H. The van der Waals surface area contributed by atoms with E-state index in [1.807, 2.05) is 50.8 Å². The molecular weight excluding hydrogens is 509 g/mol. The Balaban J connectivity index is 0.00000480. The summed E-state index contributed by atoms with van der Waals surface area (Å²) in [4.78, 5) is 30.6. The molecule has 174 valence electrons. The molecule has 0 aliphatic carbocycles. The summed E-state index contributed by atoms with van der Waals surface area (Å²) < 4.78 is 5.20. The van der Waals surface area contributed by atoms with Crippen molar-refractivity contribution in [3.05, 3.63) is 29.8 Å². The van der Waals surface area contributed by atoms with Crippen LogP contribution in [0.3, 0.4) is 0 Å². The molecule has 1 aromatic carbocycles. The number of nitrogens with one attached hydrogen (secondary N) is 3. The summed E-state index contributed by atoms with van der Waals surface area (Å²) in [6.45, 7) is 10.1. The number of rotatable bonds is 7. The van der Waals surface area contributed by atoms with E-state index in [1.165, 1.54) is 5.56 Å². The van der Waals surface area contributed by atoms with E-state index in [1.54, 1.807) is 0 Å². The lowest BCUT2D eigenvalue weighted by molar-refractivity contribution is -0.117. The van der Waals surface area contributed by atoms with Crippen LogP contribution in [0.15, 0.2) is 29.3 Å². The summed E-state index contributed by atoms with van der Waals surface area (Å²) in [5.74, 6) is 0.583. The highest BCUT2D eigenvalue weighted by Crippen LogP contribution is 2.26. The fourth-order valence-corrected chi connectivity index (χ4v) is 3.17. The van der Waals surface area contributed by atoms with Crippen molar-refractivity contribution < 1.29 is 14.3 Å². The predicted octanol–water partition coefficient (Wildman–Crippen LogP) is 3.05. The van der Waals surface area contributed by atoms with Crippen LogP contribution in [0, 0.1) is 0 Å². The number of fused-ring (bicyclic) bond motifs is 1. The summed E-state index contributed by atoms with van der Waals surface area (Å²) in [7, 11) is 0. The van der Waals surface area contributed by atoms with Crippen molar-refractivity contribution in [1.82, 2.24) is 16.0 Å². The van der Waals surface area contributed by atoms with Crippen LogP contribution in [0.5, 0.6) is 0 Å². The first kappa shape index (κ1) is 27.0. The zero-order valence-electron chi connectivity index (χ0n) is 19.0. The number of ether oxygens (including phenoxy) is 1. The zero-order chi connectivity index (χ0) is 22.0. The summed E-state index contributed by atoms with van der Waals surface area (Å²) in [5.41, 5.74) is 1.70. The van der Waals surface area contributed by atoms with E-state index in [2.05, 4.69) is 27.0 Å². The van der Waals surface area contributed by atoms with Gasteiger partial charge in [0.2, 0.25) is 5.91 Å². The first-order valence-electron chi connectivity index (χ1n) is 10.7. The van der Waals surface area contributed by atoms with Crippen LogP contribution in [-0.4, -0.2) is 56.3 Å². The number of carbonyl (C=O) groups is 2. The van der Waals surface area contributed by atoms with Gasteiger partial charge in [-0.05, 0) is 58.6 Å². The molecule has 1 aromatic rings. The smallest absolute Gasteiger partial charge is 0.407 e. The zero-order valence-corrected chi connectivity index (χ0v) is 21.3. The minimum absolute atomic E-state index is 0. The first-order chi connectivity index (χ1) is 14.3. The summed E-state index contributed by atoms with van der Waals surface area (Å²) in [6.07, 6.45) is 2.26. The number of anilines is 1. The van der Waals surface area contributed by atoms with Gasteiger partial charge in [-0.25, -0.2) is 9.79 Å². The maximum Gasteiger partial charge on any atom is 0.407 e. The Kier molecular flexibility index (Phi) is 11.7. The van der Waals surface area contributed by atoms with Gasteiger partial charge in [0.1, 0.15) is 12.1 Å². The van der Waals surface area contributed by atoms with Gasteiger partial charge >= 0.3 is 6.09 Å². The lowest BCUT2D eigenvalue weighted by atomic mass is 10.0. The van der Waals surface area contributed by atoms with Gasteiger partial charge in [0.15, 0.2) is 5.96 Å². The molecule has 8 nitrogen and oxygen atoms in total. The maximum atomic E-state index is 12.7. The molecule has 0 aromatic heterocycles. The average Bonchev–Trinajstić information content (AvgIpc) is 2.69. The number of aryl methyl sites for hydroxylation is 1. The lowest BCUT2D eigenvalue weighted by Gasteiger charge is -2.29. The fourth-order valence-electron chi connectivity index (χ4n) is 3.17. The molecule has 31 heavy (non-hydrogen) atoms. The molecule has 0 radical (unpaired) electrons. The highest BCUT2D eigenvalue weighted by Gasteiger charge is 2.21. The maximum absolute atomic E-state index is 12.7. The topological polar surface area (TPSA) is 95.1 Å². The number of para-hydroxylation sites is 1. The monoisotopic (exact) mass is 545 g/mol. The predicted molar refractivity (Wildman–Crippen MR) is 135 cm³/mol. The largest absolute Gasteiger partial charge is 0.444 e. The number of hydrogen-bond donors (Lipinski definition) is 3. The van der Waals surface area contributed by atoms with Crippen molar-refractivity contribution >= 4 is 47.6 Å². The SMILES string of the molecule is CCNC(=NCC(=O)N1CCCc2ccccc21)NCCCNC(=O)OC(C)(C)C.I. The number of halogens is 1. The van der Waals surface area contributed by atoms with E-state index in [9.17, 15) is 9.59 Å². The molecule has 2 rings (SSSR count). The number of hydrogen-bond acceptors (Lipinski definition) is 4. The molecule has 1 aliphatic rings. The van der Waals surface area contributed by atoms with Gasteiger partial charge in [0.25, 0.3) is 0 Å².